The first-order chi connectivity index (χ1) is 14.6. The number of nitrogens with one attached hydrogen (secondary N) is 1. The van der Waals surface area contributed by atoms with Crippen LogP contribution in [0.4, 0.5) is 5.82 Å². The van der Waals surface area contributed by atoms with Gasteiger partial charge in [0.05, 0.1) is 24.7 Å². The summed E-state index contributed by atoms with van der Waals surface area (Å²) in [7, 11) is -3.76. The standard InChI is InChI=1S/C18H28N7O5P/c1-12(8-25-10-22-14-15(19)20-9-21-16(14)25)29-11-31(28,24-18(2,3)17(26)27)30-23-13-6-4-5-7-13/h9-10,12H,4-8,11H2,1-3H3,(H,24,28)(H,26,27)(H2,19,20,21)/t12-,31-/m1/s1. The Balaban J connectivity index is 1.69. The molecular weight excluding hydrogens is 425 g/mol. The van der Waals surface area contributed by atoms with Crippen LogP contribution < -0.4 is 10.8 Å². The fourth-order valence-electron chi connectivity index (χ4n) is 3.14. The molecule has 0 radical (unpaired) electrons. The molecule has 2 aromatic heterocycles. The van der Waals surface area contributed by atoms with E-state index in [1.54, 1.807) is 17.8 Å². The average Bonchev–Trinajstić information content (AvgIpc) is 3.36. The van der Waals surface area contributed by atoms with Crippen molar-refractivity contribution in [3.8, 4) is 0 Å². The third kappa shape index (κ3) is 5.78. The molecule has 1 aliphatic rings. The molecule has 0 amide bonds. The van der Waals surface area contributed by atoms with Crippen LogP contribution in [0.25, 0.3) is 11.2 Å². The van der Waals surface area contributed by atoms with E-state index >= 15 is 0 Å². The van der Waals surface area contributed by atoms with E-state index in [2.05, 4.69) is 25.2 Å². The molecule has 3 rings (SSSR count). The van der Waals surface area contributed by atoms with E-state index in [1.165, 1.54) is 20.2 Å². The second kappa shape index (κ2) is 9.29. The van der Waals surface area contributed by atoms with Crippen LogP contribution in [0.15, 0.2) is 17.8 Å². The molecule has 2 atom stereocenters. The normalized spacial score (nSPS) is 17.5. The monoisotopic (exact) mass is 453 g/mol. The summed E-state index contributed by atoms with van der Waals surface area (Å²) in [5, 5.41) is 16.0. The fraction of sp³-hybridized carbons (Fsp3) is 0.611. The van der Waals surface area contributed by atoms with Crippen LogP contribution in [-0.4, -0.2) is 54.3 Å². The average molecular weight is 453 g/mol. The van der Waals surface area contributed by atoms with Crippen LogP contribution in [0.5, 0.6) is 0 Å². The van der Waals surface area contributed by atoms with Gasteiger partial charge in [0.15, 0.2) is 11.5 Å². The van der Waals surface area contributed by atoms with Crippen LogP contribution in [0, 0.1) is 0 Å². The number of aromatic nitrogens is 4. The number of rotatable bonds is 10. The Morgan fingerprint density at radius 3 is 2.77 bits per heavy atom. The highest BCUT2D eigenvalue weighted by atomic mass is 31.2. The van der Waals surface area contributed by atoms with E-state index < -0.39 is 25.1 Å². The van der Waals surface area contributed by atoms with Crippen molar-refractivity contribution in [2.45, 2.75) is 64.6 Å². The first-order valence-electron chi connectivity index (χ1n) is 9.99. The van der Waals surface area contributed by atoms with Gasteiger partial charge in [0, 0.05) is 0 Å². The maximum absolute atomic E-state index is 13.4. The van der Waals surface area contributed by atoms with Gasteiger partial charge in [0.2, 0.25) is 0 Å². The lowest BCUT2D eigenvalue weighted by molar-refractivity contribution is -0.142. The number of carbonyl (C=O) groups is 1. The van der Waals surface area contributed by atoms with Crippen molar-refractivity contribution in [3.63, 3.8) is 0 Å². The van der Waals surface area contributed by atoms with Gasteiger partial charge in [-0.2, -0.15) is 0 Å². The van der Waals surface area contributed by atoms with Gasteiger partial charge in [0.1, 0.15) is 23.7 Å². The predicted molar refractivity (Wildman–Crippen MR) is 115 cm³/mol. The van der Waals surface area contributed by atoms with Gasteiger partial charge in [-0.05, 0) is 46.5 Å². The van der Waals surface area contributed by atoms with Crippen molar-refractivity contribution >= 4 is 36.2 Å². The number of nitrogens with two attached hydrogens (primary N) is 1. The van der Waals surface area contributed by atoms with Gasteiger partial charge in [-0.1, -0.05) is 5.16 Å². The molecule has 1 aliphatic carbocycles. The summed E-state index contributed by atoms with van der Waals surface area (Å²) < 4.78 is 26.2. The summed E-state index contributed by atoms with van der Waals surface area (Å²) in [4.78, 5) is 23.8. The summed E-state index contributed by atoms with van der Waals surface area (Å²) >= 11 is 0. The number of fused-ring (bicyclic) bond motifs is 1. The Labute approximate surface area is 179 Å². The molecule has 1 fully saturated rings. The lowest BCUT2D eigenvalue weighted by Crippen LogP contribution is -2.45. The van der Waals surface area contributed by atoms with E-state index in [0.717, 1.165) is 31.4 Å². The van der Waals surface area contributed by atoms with Crippen LogP contribution >= 0.6 is 7.52 Å². The molecule has 0 unspecified atom stereocenters. The Hall–Kier alpha value is -2.56. The molecule has 13 heteroatoms. The molecule has 2 aromatic rings. The van der Waals surface area contributed by atoms with Crippen LogP contribution in [0.2, 0.25) is 0 Å². The van der Waals surface area contributed by atoms with Crippen LogP contribution in [0.1, 0.15) is 46.5 Å². The van der Waals surface area contributed by atoms with Gasteiger partial charge < -0.3 is 24.8 Å². The largest absolute Gasteiger partial charge is 0.480 e. The van der Waals surface area contributed by atoms with Crippen LogP contribution in [0.3, 0.4) is 0 Å². The number of ether oxygens (including phenoxy) is 1. The Bertz CT molecular complexity index is 1010. The van der Waals surface area contributed by atoms with E-state index in [9.17, 15) is 14.5 Å². The summed E-state index contributed by atoms with van der Waals surface area (Å²) in [6.07, 6.45) is 5.70. The minimum absolute atomic E-state index is 0.279. The summed E-state index contributed by atoms with van der Waals surface area (Å²) in [6, 6.07) is 0. The number of carboxylic acid groups (broad SMARTS) is 1. The predicted octanol–water partition coefficient (Wildman–Crippen LogP) is 2.36. The lowest BCUT2D eigenvalue weighted by atomic mass is 10.1. The van der Waals surface area contributed by atoms with Gasteiger partial charge in [-0.15, -0.1) is 0 Å². The molecule has 0 saturated heterocycles. The summed E-state index contributed by atoms with van der Waals surface area (Å²) in [5.41, 5.74) is 6.16. The molecule has 0 aromatic carbocycles. The van der Waals surface area contributed by atoms with Crippen LogP contribution in [-0.2, 0) is 25.3 Å². The minimum atomic E-state index is -3.76. The number of hydrogen-bond acceptors (Lipinski definition) is 9. The molecule has 1 saturated carbocycles. The Kier molecular flexibility index (Phi) is 6.93. The molecule has 31 heavy (non-hydrogen) atoms. The third-order valence-electron chi connectivity index (χ3n) is 4.88. The molecule has 4 N–H and O–H groups in total. The number of oxime groups is 1. The van der Waals surface area contributed by atoms with Crippen molar-refractivity contribution in [2.24, 2.45) is 5.16 Å². The quantitative estimate of drug-likeness (QED) is 0.359. The van der Waals surface area contributed by atoms with Crippen molar-refractivity contribution < 1.29 is 23.8 Å². The van der Waals surface area contributed by atoms with E-state index in [1.807, 2.05) is 0 Å². The molecule has 0 spiro atoms. The Morgan fingerprint density at radius 2 is 2.10 bits per heavy atom. The molecule has 0 aliphatic heterocycles. The minimum Gasteiger partial charge on any atom is -0.480 e. The van der Waals surface area contributed by atoms with Gasteiger partial charge in [-0.3, -0.25) is 9.36 Å². The molecule has 2 heterocycles. The molecule has 0 bridgehead atoms. The maximum Gasteiger partial charge on any atom is 0.365 e. The SMILES string of the molecule is C[C@H](Cn1cnc2c(N)ncnc21)OC[P@](=O)(NC(C)(C)C(=O)O)ON=C1CCCC1. The second-order valence-electron chi connectivity index (χ2n) is 8.10. The zero-order valence-electron chi connectivity index (χ0n) is 17.8. The summed E-state index contributed by atoms with van der Waals surface area (Å²) in [5.74, 6) is -0.888. The smallest absolute Gasteiger partial charge is 0.365 e. The topological polar surface area (TPSA) is 167 Å². The highest BCUT2D eigenvalue weighted by molar-refractivity contribution is 7.56. The second-order valence-corrected chi connectivity index (χ2v) is 10.1. The van der Waals surface area contributed by atoms with E-state index in [0.29, 0.717) is 17.7 Å². The number of carboxylic acids is 1. The third-order valence-corrected chi connectivity index (χ3v) is 6.61. The van der Waals surface area contributed by atoms with Gasteiger partial charge >= 0.3 is 13.5 Å². The highest BCUT2D eigenvalue weighted by Crippen LogP contribution is 2.45. The molecule has 12 nitrogen and oxygen atoms in total. The maximum atomic E-state index is 13.4. The Morgan fingerprint density at radius 1 is 1.39 bits per heavy atom. The number of aliphatic carboxylic acids is 1. The van der Waals surface area contributed by atoms with Crippen molar-refractivity contribution in [1.82, 2.24) is 24.6 Å². The van der Waals surface area contributed by atoms with Crippen molar-refractivity contribution in [1.29, 1.82) is 0 Å². The zero-order valence-corrected chi connectivity index (χ0v) is 18.7. The van der Waals surface area contributed by atoms with E-state index in [-0.39, 0.29) is 12.2 Å². The number of hydrogen-bond donors (Lipinski definition) is 3. The van der Waals surface area contributed by atoms with Crippen molar-refractivity contribution in [3.05, 3.63) is 12.7 Å². The summed E-state index contributed by atoms with van der Waals surface area (Å²) in [6.45, 7) is 4.94. The lowest BCUT2D eigenvalue weighted by Gasteiger charge is -2.27. The van der Waals surface area contributed by atoms with Gasteiger partial charge in [-0.25, -0.2) is 20.0 Å². The fourth-order valence-corrected chi connectivity index (χ4v) is 4.93. The number of nitrogens with zero attached hydrogens (tertiary/aromatic N) is 5. The number of nitrogen functional groups attached to an aromatic ring is 1. The molecule has 170 valence electrons. The highest BCUT2D eigenvalue weighted by Gasteiger charge is 2.38. The number of imidazole rings is 1. The van der Waals surface area contributed by atoms with E-state index in [4.69, 9.17) is 15.1 Å². The molecular formula is C18H28N7O5P. The zero-order chi connectivity index (χ0) is 22.6. The van der Waals surface area contributed by atoms with Crippen molar-refractivity contribution in [2.75, 3.05) is 12.1 Å². The first-order valence-corrected chi connectivity index (χ1v) is 11.8. The van der Waals surface area contributed by atoms with Gasteiger partial charge in [0.25, 0.3) is 0 Å². The number of anilines is 1. The first kappa shape index (κ1) is 23.1.